The van der Waals surface area contributed by atoms with Gasteiger partial charge >= 0.3 is 0 Å². The highest BCUT2D eigenvalue weighted by molar-refractivity contribution is 5.93. The molecule has 3 heterocycles. The summed E-state index contributed by atoms with van der Waals surface area (Å²) < 4.78 is 0. The minimum absolute atomic E-state index is 0.0718. The molecule has 1 amide bonds. The van der Waals surface area contributed by atoms with E-state index in [0.717, 1.165) is 49.6 Å². The standard InChI is InChI=1S/C20H21N5O/c26-20(17-7-4-10-21-14-17)25-11-8-15(9-12-25)13-18-22-19(24-23-18)16-5-2-1-3-6-16/h1-7,10,14-15H,8-9,11-13H2,(H,22,23,24). The average Bonchev–Trinajstić information content (AvgIpc) is 3.18. The number of aromatic nitrogens is 4. The van der Waals surface area contributed by atoms with Gasteiger partial charge in [-0.15, -0.1) is 0 Å². The van der Waals surface area contributed by atoms with E-state index in [4.69, 9.17) is 0 Å². The highest BCUT2D eigenvalue weighted by atomic mass is 16.2. The van der Waals surface area contributed by atoms with Gasteiger partial charge in [-0.1, -0.05) is 30.3 Å². The van der Waals surface area contributed by atoms with Crippen LogP contribution in [0.3, 0.4) is 0 Å². The summed E-state index contributed by atoms with van der Waals surface area (Å²) in [6.45, 7) is 1.55. The molecule has 0 bridgehead atoms. The molecule has 4 rings (SSSR count). The molecular weight excluding hydrogens is 326 g/mol. The van der Waals surface area contributed by atoms with Crippen LogP contribution in [0.2, 0.25) is 0 Å². The first-order chi connectivity index (χ1) is 12.8. The second-order valence-electron chi connectivity index (χ2n) is 6.65. The van der Waals surface area contributed by atoms with Crippen molar-refractivity contribution in [2.24, 2.45) is 5.92 Å². The molecular formula is C20H21N5O. The summed E-state index contributed by atoms with van der Waals surface area (Å²) in [6, 6.07) is 13.6. The molecule has 0 unspecified atom stereocenters. The molecule has 1 fully saturated rings. The Morgan fingerprint density at radius 1 is 1.12 bits per heavy atom. The van der Waals surface area contributed by atoms with E-state index in [-0.39, 0.29) is 5.91 Å². The largest absolute Gasteiger partial charge is 0.339 e. The second kappa shape index (κ2) is 7.47. The monoisotopic (exact) mass is 347 g/mol. The van der Waals surface area contributed by atoms with Crippen molar-refractivity contribution in [2.45, 2.75) is 19.3 Å². The molecule has 132 valence electrons. The number of pyridine rings is 1. The first kappa shape index (κ1) is 16.4. The lowest BCUT2D eigenvalue weighted by molar-refractivity contribution is 0.0689. The molecule has 2 aromatic heterocycles. The zero-order valence-corrected chi connectivity index (χ0v) is 14.5. The van der Waals surface area contributed by atoms with Gasteiger partial charge in [-0.2, -0.15) is 5.10 Å². The van der Waals surface area contributed by atoms with Crippen molar-refractivity contribution < 1.29 is 4.79 Å². The first-order valence-corrected chi connectivity index (χ1v) is 8.95. The van der Waals surface area contributed by atoms with Crippen LogP contribution in [0.4, 0.5) is 0 Å². The van der Waals surface area contributed by atoms with Crippen molar-refractivity contribution in [1.82, 2.24) is 25.1 Å². The van der Waals surface area contributed by atoms with Crippen molar-refractivity contribution in [3.63, 3.8) is 0 Å². The number of piperidine rings is 1. The van der Waals surface area contributed by atoms with Gasteiger partial charge in [0.2, 0.25) is 0 Å². The van der Waals surface area contributed by atoms with Gasteiger partial charge in [0, 0.05) is 37.5 Å². The predicted octanol–water partition coefficient (Wildman–Crippen LogP) is 2.96. The number of rotatable bonds is 4. The third-order valence-electron chi connectivity index (χ3n) is 4.86. The van der Waals surface area contributed by atoms with E-state index in [2.05, 4.69) is 20.2 Å². The zero-order valence-electron chi connectivity index (χ0n) is 14.5. The quantitative estimate of drug-likeness (QED) is 0.787. The van der Waals surface area contributed by atoms with E-state index in [1.54, 1.807) is 18.5 Å². The van der Waals surface area contributed by atoms with Crippen molar-refractivity contribution in [2.75, 3.05) is 13.1 Å². The Hall–Kier alpha value is -3.02. The minimum Gasteiger partial charge on any atom is -0.339 e. The topological polar surface area (TPSA) is 74.8 Å². The van der Waals surface area contributed by atoms with Crippen LogP contribution in [-0.4, -0.2) is 44.1 Å². The maximum absolute atomic E-state index is 12.5. The molecule has 26 heavy (non-hydrogen) atoms. The van der Waals surface area contributed by atoms with Crippen LogP contribution in [0, 0.1) is 5.92 Å². The van der Waals surface area contributed by atoms with E-state index in [1.165, 1.54) is 0 Å². The van der Waals surface area contributed by atoms with Crippen LogP contribution < -0.4 is 0 Å². The summed E-state index contributed by atoms with van der Waals surface area (Å²) in [5, 5.41) is 7.39. The average molecular weight is 347 g/mol. The third kappa shape index (κ3) is 3.64. The number of amides is 1. The number of carbonyl (C=O) groups is 1. The maximum atomic E-state index is 12.5. The number of H-pyrrole nitrogens is 1. The van der Waals surface area contributed by atoms with Gasteiger partial charge in [0.05, 0.1) is 5.56 Å². The van der Waals surface area contributed by atoms with E-state index >= 15 is 0 Å². The lowest BCUT2D eigenvalue weighted by Crippen LogP contribution is -2.39. The predicted molar refractivity (Wildman–Crippen MR) is 98.4 cm³/mol. The molecule has 1 aliphatic heterocycles. The molecule has 6 heteroatoms. The van der Waals surface area contributed by atoms with Gasteiger partial charge < -0.3 is 4.90 Å². The lowest BCUT2D eigenvalue weighted by Gasteiger charge is -2.31. The first-order valence-electron chi connectivity index (χ1n) is 8.95. The molecule has 0 aliphatic carbocycles. The molecule has 6 nitrogen and oxygen atoms in total. The zero-order chi connectivity index (χ0) is 17.8. The van der Waals surface area contributed by atoms with Crippen LogP contribution >= 0.6 is 0 Å². The maximum Gasteiger partial charge on any atom is 0.255 e. The SMILES string of the molecule is O=C(c1cccnc1)N1CCC(Cc2nc(-c3ccccc3)n[nH]2)CC1. The Labute approximate surface area is 152 Å². The normalized spacial score (nSPS) is 15.2. The number of likely N-dealkylation sites (tertiary alicyclic amines) is 1. The van der Waals surface area contributed by atoms with Gasteiger partial charge in [-0.05, 0) is 30.9 Å². The molecule has 3 aromatic rings. The Morgan fingerprint density at radius 3 is 2.65 bits per heavy atom. The smallest absolute Gasteiger partial charge is 0.255 e. The summed E-state index contributed by atoms with van der Waals surface area (Å²) >= 11 is 0. The van der Waals surface area contributed by atoms with Crippen LogP contribution in [0.15, 0.2) is 54.9 Å². The fourth-order valence-corrected chi connectivity index (χ4v) is 3.39. The van der Waals surface area contributed by atoms with Crippen LogP contribution in [0.5, 0.6) is 0 Å². The van der Waals surface area contributed by atoms with Crippen LogP contribution in [0.1, 0.15) is 29.0 Å². The minimum atomic E-state index is 0.0718. The Balaban J connectivity index is 1.33. The van der Waals surface area contributed by atoms with Gasteiger partial charge in [-0.3, -0.25) is 14.9 Å². The van der Waals surface area contributed by atoms with E-state index in [0.29, 0.717) is 11.5 Å². The molecule has 0 saturated carbocycles. The van der Waals surface area contributed by atoms with E-state index < -0.39 is 0 Å². The Kier molecular flexibility index (Phi) is 4.73. The number of hydrogen-bond donors (Lipinski definition) is 1. The van der Waals surface area contributed by atoms with E-state index in [1.807, 2.05) is 41.3 Å². The number of aromatic amines is 1. The third-order valence-corrected chi connectivity index (χ3v) is 4.86. The fraction of sp³-hybridized carbons (Fsp3) is 0.300. The Morgan fingerprint density at radius 2 is 1.92 bits per heavy atom. The molecule has 1 aliphatic rings. The molecule has 1 aromatic carbocycles. The number of nitrogens with one attached hydrogen (secondary N) is 1. The Bertz CT molecular complexity index is 854. The van der Waals surface area contributed by atoms with Gasteiger partial charge in [0.1, 0.15) is 5.82 Å². The van der Waals surface area contributed by atoms with Crippen LogP contribution in [-0.2, 0) is 6.42 Å². The van der Waals surface area contributed by atoms with Crippen molar-refractivity contribution in [1.29, 1.82) is 0 Å². The van der Waals surface area contributed by atoms with E-state index in [9.17, 15) is 4.79 Å². The van der Waals surface area contributed by atoms with Gasteiger partial charge in [0.25, 0.3) is 5.91 Å². The number of carbonyl (C=O) groups excluding carboxylic acids is 1. The molecule has 1 N–H and O–H groups in total. The summed E-state index contributed by atoms with van der Waals surface area (Å²) in [6.07, 6.45) is 6.15. The molecule has 0 atom stereocenters. The van der Waals surface area contributed by atoms with Crippen LogP contribution in [0.25, 0.3) is 11.4 Å². The summed E-state index contributed by atoms with van der Waals surface area (Å²) in [7, 11) is 0. The summed E-state index contributed by atoms with van der Waals surface area (Å²) in [4.78, 5) is 23.1. The van der Waals surface area contributed by atoms with Gasteiger partial charge in [-0.25, -0.2) is 4.98 Å². The van der Waals surface area contributed by atoms with Crippen molar-refractivity contribution >= 4 is 5.91 Å². The molecule has 0 spiro atoms. The molecule has 1 saturated heterocycles. The number of nitrogens with zero attached hydrogens (tertiary/aromatic N) is 4. The molecule has 0 radical (unpaired) electrons. The highest BCUT2D eigenvalue weighted by Gasteiger charge is 2.24. The number of hydrogen-bond acceptors (Lipinski definition) is 4. The van der Waals surface area contributed by atoms with Gasteiger partial charge in [0.15, 0.2) is 5.82 Å². The highest BCUT2D eigenvalue weighted by Crippen LogP contribution is 2.22. The van der Waals surface area contributed by atoms with Crippen molar-refractivity contribution in [3.05, 3.63) is 66.2 Å². The second-order valence-corrected chi connectivity index (χ2v) is 6.65. The summed E-state index contributed by atoms with van der Waals surface area (Å²) in [5.74, 6) is 2.25. The fourth-order valence-electron chi connectivity index (χ4n) is 3.39. The van der Waals surface area contributed by atoms with Crippen molar-refractivity contribution in [3.8, 4) is 11.4 Å². The lowest BCUT2D eigenvalue weighted by atomic mass is 9.93. The summed E-state index contributed by atoms with van der Waals surface area (Å²) in [5.41, 5.74) is 1.68. The number of benzene rings is 1.